The van der Waals surface area contributed by atoms with Crippen molar-refractivity contribution in [2.75, 3.05) is 27.2 Å². The van der Waals surface area contributed by atoms with Crippen LogP contribution in [0.1, 0.15) is 12.8 Å². The Hall–Kier alpha value is 0.112. The van der Waals surface area contributed by atoms with Gasteiger partial charge in [-0.2, -0.15) is 9.34 Å². The summed E-state index contributed by atoms with van der Waals surface area (Å²) in [7, 11) is 8.26. The van der Waals surface area contributed by atoms with Crippen LogP contribution in [0.3, 0.4) is 0 Å². The highest BCUT2D eigenvalue weighted by Crippen LogP contribution is 2.70. The standard InChI is InChI=1S/C13H25BN2PSi/c1-15-10-11-16(2)17(15,14)12-8-6-7-9-13(12)18(3,4)5/h6,8H,7,9-11H2,1-5H3/q+1. The third kappa shape index (κ3) is 2.29. The van der Waals surface area contributed by atoms with E-state index in [1.165, 1.54) is 18.2 Å². The second kappa shape index (κ2) is 4.90. The van der Waals surface area contributed by atoms with Crippen molar-refractivity contribution in [3.8, 4) is 0 Å². The van der Waals surface area contributed by atoms with E-state index in [1.807, 2.05) is 0 Å². The van der Waals surface area contributed by atoms with Gasteiger partial charge in [0, 0.05) is 27.2 Å². The van der Waals surface area contributed by atoms with Crippen LogP contribution in [0, 0.1) is 0 Å². The molecular formula is C13H25BN2PSi+. The number of hydrogen-bond acceptors (Lipinski definition) is 2. The average molecular weight is 279 g/mol. The molecule has 0 amide bonds. The van der Waals surface area contributed by atoms with Crippen LogP contribution >= 0.6 is 7.44 Å². The van der Waals surface area contributed by atoms with Crippen molar-refractivity contribution < 1.29 is 0 Å². The molecule has 98 valence electrons. The Morgan fingerprint density at radius 3 is 2.22 bits per heavy atom. The maximum atomic E-state index is 6.88. The van der Waals surface area contributed by atoms with Gasteiger partial charge in [-0.1, -0.05) is 25.7 Å². The van der Waals surface area contributed by atoms with Gasteiger partial charge in [0.2, 0.25) is 0 Å². The molecular weight excluding hydrogens is 254 g/mol. The molecule has 1 saturated heterocycles. The van der Waals surface area contributed by atoms with Crippen LogP contribution < -0.4 is 0 Å². The molecule has 2 nitrogen and oxygen atoms in total. The summed E-state index contributed by atoms with van der Waals surface area (Å²) in [4.78, 5) is 0. The van der Waals surface area contributed by atoms with Crippen molar-refractivity contribution in [2.24, 2.45) is 0 Å². The summed E-state index contributed by atoms with van der Waals surface area (Å²) in [5, 5.41) is 3.18. The molecule has 1 heterocycles. The van der Waals surface area contributed by atoms with Crippen molar-refractivity contribution in [2.45, 2.75) is 32.5 Å². The number of hydrogen-bond donors (Lipinski definition) is 0. The van der Waals surface area contributed by atoms with Gasteiger partial charge in [-0.3, -0.25) is 0 Å². The predicted octanol–water partition coefficient (Wildman–Crippen LogP) is 3.28. The summed E-state index contributed by atoms with van der Waals surface area (Å²) >= 11 is 0. The maximum absolute atomic E-state index is 6.88. The summed E-state index contributed by atoms with van der Waals surface area (Å²) in [6.07, 6.45) is 7.06. The topological polar surface area (TPSA) is 6.48 Å². The van der Waals surface area contributed by atoms with E-state index in [-0.39, 0.29) is 0 Å². The SMILES string of the molecule is [B][P+]1(C2=C([Si](C)(C)C)CCC=C2)N(C)CCN1C. The van der Waals surface area contributed by atoms with Crippen LogP contribution in [0.4, 0.5) is 0 Å². The Kier molecular flexibility index (Phi) is 3.95. The lowest BCUT2D eigenvalue weighted by Gasteiger charge is -2.35. The zero-order chi connectivity index (χ0) is 13.6. The monoisotopic (exact) mass is 279 g/mol. The normalized spacial score (nSPS) is 26.1. The minimum absolute atomic E-state index is 1.09. The molecule has 0 N–H and O–H groups in total. The van der Waals surface area contributed by atoms with E-state index in [9.17, 15) is 0 Å². The molecule has 0 bridgehead atoms. The van der Waals surface area contributed by atoms with Gasteiger partial charge in [-0.15, -0.1) is 0 Å². The average Bonchev–Trinajstić information content (AvgIpc) is 2.57. The lowest BCUT2D eigenvalue weighted by molar-refractivity contribution is 0.553. The van der Waals surface area contributed by atoms with Gasteiger partial charge >= 0.3 is 7.57 Å². The first-order valence-corrected chi connectivity index (χ1v) is 12.1. The quantitative estimate of drug-likeness (QED) is 0.565. The zero-order valence-corrected chi connectivity index (χ0v) is 14.3. The molecule has 0 aromatic carbocycles. The Morgan fingerprint density at radius 2 is 1.72 bits per heavy atom. The molecule has 0 spiro atoms. The highest BCUT2D eigenvalue weighted by atomic mass is 31.2. The van der Waals surface area contributed by atoms with Gasteiger partial charge < -0.3 is 0 Å². The second-order valence-corrected chi connectivity index (χ2v) is 14.7. The molecule has 0 unspecified atom stereocenters. The van der Waals surface area contributed by atoms with Crippen LogP contribution in [0.15, 0.2) is 22.7 Å². The lowest BCUT2D eigenvalue weighted by Crippen LogP contribution is -2.30. The van der Waals surface area contributed by atoms with Crippen molar-refractivity contribution >= 4 is 23.1 Å². The van der Waals surface area contributed by atoms with Crippen molar-refractivity contribution in [1.82, 2.24) is 9.34 Å². The molecule has 18 heavy (non-hydrogen) atoms. The van der Waals surface area contributed by atoms with Crippen LogP contribution in [0.2, 0.25) is 19.6 Å². The Morgan fingerprint density at radius 1 is 1.17 bits per heavy atom. The van der Waals surface area contributed by atoms with E-state index in [1.54, 1.807) is 5.20 Å². The first kappa shape index (κ1) is 14.5. The smallest absolute Gasteiger partial charge is 0.177 e. The van der Waals surface area contributed by atoms with Gasteiger partial charge in [-0.25, -0.2) is 0 Å². The highest BCUT2D eigenvalue weighted by molar-refractivity contribution is 7.97. The first-order chi connectivity index (χ1) is 8.28. The Bertz CT molecular complexity index is 390. The second-order valence-electron chi connectivity index (χ2n) is 6.47. The van der Waals surface area contributed by atoms with Gasteiger partial charge in [0.15, 0.2) is 0 Å². The van der Waals surface area contributed by atoms with Gasteiger partial charge in [0.25, 0.3) is 0 Å². The minimum Gasteiger partial charge on any atom is -0.177 e. The third-order valence-electron chi connectivity index (χ3n) is 4.19. The maximum Gasteiger partial charge on any atom is 0.416 e. The van der Waals surface area contributed by atoms with Crippen LogP contribution in [0.5, 0.6) is 0 Å². The van der Waals surface area contributed by atoms with Crippen LogP contribution in [-0.2, 0) is 0 Å². The molecule has 2 aliphatic rings. The molecule has 1 aliphatic carbocycles. The summed E-state index contributed by atoms with van der Waals surface area (Å²) < 4.78 is 4.80. The summed E-state index contributed by atoms with van der Waals surface area (Å²) in [5.41, 5.74) is 0. The summed E-state index contributed by atoms with van der Waals surface area (Å²) in [5.74, 6) is 0. The number of allylic oxidation sites excluding steroid dienone is 4. The Labute approximate surface area is 115 Å². The minimum atomic E-state index is -1.74. The molecule has 2 radical (unpaired) electrons. The number of rotatable bonds is 2. The van der Waals surface area contributed by atoms with E-state index in [4.69, 9.17) is 7.57 Å². The van der Waals surface area contributed by atoms with Gasteiger partial charge in [0.05, 0.1) is 8.07 Å². The van der Waals surface area contributed by atoms with E-state index < -0.39 is 15.5 Å². The first-order valence-electron chi connectivity index (χ1n) is 6.79. The van der Waals surface area contributed by atoms with E-state index >= 15 is 0 Å². The van der Waals surface area contributed by atoms with Crippen molar-refractivity contribution in [3.05, 3.63) is 22.7 Å². The molecule has 0 aromatic rings. The van der Waals surface area contributed by atoms with Crippen LogP contribution in [-0.4, -0.2) is 52.2 Å². The van der Waals surface area contributed by atoms with Crippen molar-refractivity contribution in [1.29, 1.82) is 0 Å². The van der Waals surface area contributed by atoms with E-state index in [2.05, 4.69) is 55.2 Å². The van der Waals surface area contributed by atoms with Gasteiger partial charge in [-0.05, 0) is 24.1 Å². The predicted molar refractivity (Wildman–Crippen MR) is 86.7 cm³/mol. The zero-order valence-electron chi connectivity index (χ0n) is 12.4. The molecule has 1 fully saturated rings. The Balaban J connectivity index is 2.52. The van der Waals surface area contributed by atoms with Crippen LogP contribution in [0.25, 0.3) is 0 Å². The van der Waals surface area contributed by atoms with Crippen molar-refractivity contribution in [3.63, 3.8) is 0 Å². The highest BCUT2D eigenvalue weighted by Gasteiger charge is 2.52. The fourth-order valence-corrected chi connectivity index (χ4v) is 9.07. The molecule has 2 rings (SSSR count). The fraction of sp³-hybridized carbons (Fsp3) is 0.692. The molecule has 0 aromatic heterocycles. The molecule has 0 atom stereocenters. The molecule has 5 heteroatoms. The number of nitrogens with zero attached hydrogens (tertiary/aromatic N) is 2. The van der Waals surface area contributed by atoms with E-state index in [0.717, 1.165) is 13.1 Å². The lowest BCUT2D eigenvalue weighted by atomic mass is 10.2. The molecule has 0 saturated carbocycles. The summed E-state index contributed by atoms with van der Waals surface area (Å²) in [6.45, 7) is 9.53. The number of likely N-dealkylation sites (N-methyl/N-ethyl adjacent to an activating group) is 2. The van der Waals surface area contributed by atoms with E-state index in [0.29, 0.717) is 0 Å². The summed E-state index contributed by atoms with van der Waals surface area (Å²) in [6, 6.07) is 0. The third-order valence-corrected chi connectivity index (χ3v) is 10.3. The largest absolute Gasteiger partial charge is 0.416 e. The van der Waals surface area contributed by atoms with Gasteiger partial charge in [0.1, 0.15) is 12.8 Å². The molecule has 1 aliphatic heterocycles. The fourth-order valence-electron chi connectivity index (χ4n) is 2.94.